The molecule has 2 aliphatic carbocycles. The molecule has 4 heteroatoms. The number of nitrogens with one attached hydrogen (secondary N) is 2. The minimum Gasteiger partial charge on any atom is -0.465 e. The SMILES string of the molecule is O=C1NC(c2ccco2)Nc2c1c1cccccc-1c2-c1ccccc1. The van der Waals surface area contributed by atoms with Crippen molar-refractivity contribution < 1.29 is 9.21 Å². The van der Waals surface area contributed by atoms with E-state index in [4.69, 9.17) is 4.42 Å². The highest BCUT2D eigenvalue weighted by atomic mass is 16.3. The van der Waals surface area contributed by atoms with Gasteiger partial charge < -0.3 is 15.1 Å². The van der Waals surface area contributed by atoms with Crippen LogP contribution in [0, 0.1) is 0 Å². The third-order valence-electron chi connectivity index (χ3n) is 4.76. The third-order valence-corrected chi connectivity index (χ3v) is 4.76. The van der Waals surface area contributed by atoms with Crippen molar-refractivity contribution in [1.29, 1.82) is 0 Å². The monoisotopic (exact) mass is 340 g/mol. The molecule has 2 N–H and O–H groups in total. The van der Waals surface area contributed by atoms with Crippen LogP contribution in [0.5, 0.6) is 0 Å². The Hall–Kier alpha value is -3.53. The van der Waals surface area contributed by atoms with Crippen LogP contribution >= 0.6 is 0 Å². The van der Waals surface area contributed by atoms with Gasteiger partial charge >= 0.3 is 0 Å². The van der Waals surface area contributed by atoms with Gasteiger partial charge in [0.05, 0.1) is 17.5 Å². The first-order valence-electron chi connectivity index (χ1n) is 8.54. The van der Waals surface area contributed by atoms with E-state index in [0.29, 0.717) is 11.3 Å². The molecule has 0 saturated heterocycles. The van der Waals surface area contributed by atoms with E-state index in [9.17, 15) is 4.79 Å². The Kier molecular flexibility index (Phi) is 3.28. The fourth-order valence-corrected chi connectivity index (χ4v) is 3.64. The topological polar surface area (TPSA) is 54.3 Å². The third kappa shape index (κ3) is 2.19. The molecule has 26 heavy (non-hydrogen) atoms. The number of amides is 1. The Bertz CT molecular complexity index is 1050. The summed E-state index contributed by atoms with van der Waals surface area (Å²) in [4.78, 5) is 13.0. The quantitative estimate of drug-likeness (QED) is 0.545. The fraction of sp³-hybridized carbons (Fsp3) is 0.0455. The number of benzene rings is 1. The van der Waals surface area contributed by atoms with Gasteiger partial charge in [-0.2, -0.15) is 0 Å². The first-order valence-corrected chi connectivity index (χ1v) is 8.54. The number of anilines is 1. The van der Waals surface area contributed by atoms with Crippen molar-refractivity contribution in [3.63, 3.8) is 0 Å². The summed E-state index contributed by atoms with van der Waals surface area (Å²) in [6.45, 7) is 0. The lowest BCUT2D eigenvalue weighted by atomic mass is 10.0. The Morgan fingerprint density at radius 1 is 0.731 bits per heavy atom. The number of fused-ring (bicyclic) bond motifs is 3. The number of carbonyl (C=O) groups is 1. The van der Waals surface area contributed by atoms with Crippen molar-refractivity contribution in [2.24, 2.45) is 0 Å². The molecule has 1 aromatic carbocycles. The minimum atomic E-state index is -0.391. The normalized spacial score (nSPS) is 16.0. The lowest BCUT2D eigenvalue weighted by Gasteiger charge is -2.26. The molecule has 1 aromatic heterocycles. The van der Waals surface area contributed by atoms with Crippen molar-refractivity contribution in [2.45, 2.75) is 6.17 Å². The second kappa shape index (κ2) is 5.77. The second-order valence-corrected chi connectivity index (χ2v) is 6.30. The molecule has 4 nitrogen and oxygen atoms in total. The number of furan rings is 1. The summed E-state index contributed by atoms with van der Waals surface area (Å²) in [6, 6.07) is 23.8. The minimum absolute atomic E-state index is 0.0986. The lowest BCUT2D eigenvalue weighted by molar-refractivity contribution is 0.0932. The maximum atomic E-state index is 13.0. The summed E-state index contributed by atoms with van der Waals surface area (Å²) in [7, 11) is 0. The van der Waals surface area contributed by atoms with Gasteiger partial charge in [-0.1, -0.05) is 60.7 Å². The molecule has 0 bridgehead atoms. The van der Waals surface area contributed by atoms with Crippen LogP contribution < -0.4 is 10.6 Å². The molecule has 5 rings (SSSR count). The zero-order valence-electron chi connectivity index (χ0n) is 13.9. The van der Waals surface area contributed by atoms with Crippen LogP contribution in [0.3, 0.4) is 0 Å². The van der Waals surface area contributed by atoms with E-state index in [1.54, 1.807) is 6.26 Å². The molecular weight excluding hydrogens is 324 g/mol. The van der Waals surface area contributed by atoms with E-state index in [1.807, 2.05) is 54.6 Å². The number of hydrogen-bond acceptors (Lipinski definition) is 3. The average molecular weight is 340 g/mol. The van der Waals surface area contributed by atoms with Crippen LogP contribution in [0.15, 0.2) is 83.5 Å². The molecule has 1 unspecified atom stereocenters. The van der Waals surface area contributed by atoms with Crippen LogP contribution in [0.25, 0.3) is 22.3 Å². The Balaban J connectivity index is 1.78. The summed E-state index contributed by atoms with van der Waals surface area (Å²) >= 11 is 0. The summed E-state index contributed by atoms with van der Waals surface area (Å²) in [5.41, 5.74) is 5.63. The van der Waals surface area contributed by atoms with E-state index < -0.39 is 6.17 Å². The number of hydrogen-bond donors (Lipinski definition) is 2. The van der Waals surface area contributed by atoms with E-state index in [-0.39, 0.29) is 5.91 Å². The number of rotatable bonds is 2. The van der Waals surface area contributed by atoms with E-state index >= 15 is 0 Å². The zero-order valence-corrected chi connectivity index (χ0v) is 13.9. The molecular formula is C22H16N2O2. The van der Waals surface area contributed by atoms with Gasteiger partial charge in [-0.15, -0.1) is 0 Å². The summed E-state index contributed by atoms with van der Waals surface area (Å²) in [5.74, 6) is 0.581. The Labute approximate surface area is 150 Å². The van der Waals surface area contributed by atoms with Gasteiger partial charge in [0, 0.05) is 5.56 Å². The first-order chi connectivity index (χ1) is 12.8. The van der Waals surface area contributed by atoms with Gasteiger partial charge in [0.25, 0.3) is 5.91 Å². The molecule has 1 aliphatic heterocycles. The molecule has 0 fully saturated rings. The molecule has 1 atom stereocenters. The van der Waals surface area contributed by atoms with Gasteiger partial charge in [0.2, 0.25) is 0 Å². The highest BCUT2D eigenvalue weighted by Crippen LogP contribution is 2.48. The van der Waals surface area contributed by atoms with Crippen molar-refractivity contribution in [3.8, 4) is 22.3 Å². The highest BCUT2D eigenvalue weighted by Gasteiger charge is 2.34. The van der Waals surface area contributed by atoms with Crippen molar-refractivity contribution in [1.82, 2.24) is 5.32 Å². The first kappa shape index (κ1) is 14.8. The second-order valence-electron chi connectivity index (χ2n) is 6.30. The highest BCUT2D eigenvalue weighted by molar-refractivity contribution is 6.16. The van der Waals surface area contributed by atoms with Gasteiger partial charge in [0.1, 0.15) is 5.76 Å². The standard InChI is InChI=1S/C22H16N2O2/c25-22-19-16-11-6-2-5-10-15(16)18(14-8-3-1-4-9-14)20(19)23-21(24-22)17-12-7-13-26-17/h1-13,21,23H,(H,24,25). The van der Waals surface area contributed by atoms with E-state index in [0.717, 1.165) is 27.9 Å². The fourth-order valence-electron chi connectivity index (χ4n) is 3.64. The lowest BCUT2D eigenvalue weighted by Crippen LogP contribution is -2.37. The predicted octanol–water partition coefficient (Wildman–Crippen LogP) is 4.91. The molecule has 0 radical (unpaired) electrons. The van der Waals surface area contributed by atoms with Gasteiger partial charge in [-0.05, 0) is 28.8 Å². The van der Waals surface area contributed by atoms with Crippen molar-refractivity contribution in [2.75, 3.05) is 5.32 Å². The average Bonchev–Trinajstić information content (AvgIpc) is 3.23. The van der Waals surface area contributed by atoms with Crippen molar-refractivity contribution in [3.05, 3.63) is 90.4 Å². The largest absolute Gasteiger partial charge is 0.465 e. The maximum Gasteiger partial charge on any atom is 0.255 e. The van der Waals surface area contributed by atoms with Gasteiger partial charge in [0.15, 0.2) is 6.17 Å². The summed E-state index contributed by atoms with van der Waals surface area (Å²) in [6.07, 6.45) is 1.22. The van der Waals surface area contributed by atoms with Gasteiger partial charge in [-0.3, -0.25) is 4.79 Å². The molecule has 2 heterocycles. The molecule has 0 saturated carbocycles. The van der Waals surface area contributed by atoms with Crippen molar-refractivity contribution >= 4 is 11.6 Å². The summed E-state index contributed by atoms with van der Waals surface area (Å²) < 4.78 is 5.49. The summed E-state index contributed by atoms with van der Waals surface area (Å²) in [5, 5.41) is 6.47. The molecule has 2 aromatic rings. The zero-order chi connectivity index (χ0) is 17.5. The molecule has 3 aliphatic rings. The van der Waals surface area contributed by atoms with Crippen LogP contribution in [0.1, 0.15) is 22.3 Å². The Morgan fingerprint density at radius 2 is 1.42 bits per heavy atom. The molecule has 126 valence electrons. The van der Waals surface area contributed by atoms with Crippen LogP contribution in [0.2, 0.25) is 0 Å². The van der Waals surface area contributed by atoms with Crippen LogP contribution in [-0.2, 0) is 0 Å². The molecule has 0 spiro atoms. The maximum absolute atomic E-state index is 13.0. The predicted molar refractivity (Wildman–Crippen MR) is 101 cm³/mol. The smallest absolute Gasteiger partial charge is 0.255 e. The van der Waals surface area contributed by atoms with E-state index in [2.05, 4.69) is 28.8 Å². The Morgan fingerprint density at radius 3 is 2.12 bits per heavy atom. The molecule has 1 amide bonds. The van der Waals surface area contributed by atoms with E-state index in [1.165, 1.54) is 0 Å². The van der Waals surface area contributed by atoms with Gasteiger partial charge in [-0.25, -0.2) is 0 Å². The van der Waals surface area contributed by atoms with Crippen LogP contribution in [-0.4, -0.2) is 5.91 Å². The number of carbonyl (C=O) groups excluding carboxylic acids is 1. The van der Waals surface area contributed by atoms with Crippen LogP contribution in [0.4, 0.5) is 5.69 Å².